The number of benzene rings is 1. The largest absolute Gasteiger partial charge is 0.377 e. The molecule has 0 spiro atoms. The van der Waals surface area contributed by atoms with E-state index in [1.807, 2.05) is 0 Å². The van der Waals surface area contributed by atoms with Crippen LogP contribution < -0.4 is 5.73 Å². The van der Waals surface area contributed by atoms with Gasteiger partial charge in [0.05, 0.1) is 18.3 Å². The van der Waals surface area contributed by atoms with Crippen LogP contribution in [0.1, 0.15) is 23.2 Å². The maximum Gasteiger partial charge on any atom is 0.232 e. The molecule has 8 nitrogen and oxygen atoms in total. The van der Waals surface area contributed by atoms with E-state index in [2.05, 4.69) is 10.1 Å². The molecular weight excluding hydrogens is 379 g/mol. The average Bonchev–Trinajstić information content (AvgIpc) is 3.25. The number of hydrogen-bond acceptors (Lipinski definition) is 6. The molecule has 1 aliphatic heterocycles. The standard InChI is InChI=1S/C17H18ClFN4O4/c1-26-8-14-21-17(27-22-14)11-7-23(6-10(11)16(20)25)15(24)5-9-12(18)3-2-4-13(9)19/h2-4,10-11H,5-8H2,1H3,(H2,20,25). The van der Waals surface area contributed by atoms with Gasteiger partial charge < -0.3 is 19.9 Å². The van der Waals surface area contributed by atoms with E-state index in [1.54, 1.807) is 0 Å². The molecule has 2 atom stereocenters. The number of carbonyl (C=O) groups excluding carboxylic acids is 2. The number of methoxy groups -OCH3 is 1. The van der Waals surface area contributed by atoms with Gasteiger partial charge in [-0.3, -0.25) is 9.59 Å². The molecular formula is C17H18ClFN4O4. The molecule has 0 radical (unpaired) electrons. The van der Waals surface area contributed by atoms with E-state index in [1.165, 1.54) is 30.2 Å². The summed E-state index contributed by atoms with van der Waals surface area (Å²) in [5.41, 5.74) is 5.60. The Hall–Kier alpha value is -2.52. The van der Waals surface area contributed by atoms with Crippen molar-refractivity contribution in [1.29, 1.82) is 0 Å². The highest BCUT2D eigenvalue weighted by Crippen LogP contribution is 2.32. The van der Waals surface area contributed by atoms with Gasteiger partial charge in [0.15, 0.2) is 5.82 Å². The molecule has 2 aromatic rings. The van der Waals surface area contributed by atoms with Gasteiger partial charge in [-0.1, -0.05) is 22.8 Å². The molecule has 0 bridgehead atoms. The van der Waals surface area contributed by atoms with Crippen molar-refractivity contribution in [1.82, 2.24) is 15.0 Å². The number of aromatic nitrogens is 2. The first kappa shape index (κ1) is 19.2. The third kappa shape index (κ3) is 4.09. The molecule has 1 aromatic carbocycles. The fraction of sp³-hybridized carbons (Fsp3) is 0.412. The Labute approximate surface area is 159 Å². The minimum atomic E-state index is -0.680. The van der Waals surface area contributed by atoms with Gasteiger partial charge in [0.1, 0.15) is 12.4 Å². The summed E-state index contributed by atoms with van der Waals surface area (Å²) in [5.74, 6) is -2.16. The van der Waals surface area contributed by atoms with Crippen molar-refractivity contribution in [3.63, 3.8) is 0 Å². The van der Waals surface area contributed by atoms with Crippen molar-refractivity contribution in [2.75, 3.05) is 20.2 Å². The summed E-state index contributed by atoms with van der Waals surface area (Å²) >= 11 is 5.99. The van der Waals surface area contributed by atoms with Gasteiger partial charge in [0, 0.05) is 30.8 Å². The maximum atomic E-state index is 13.9. The molecule has 27 heavy (non-hydrogen) atoms. The summed E-state index contributed by atoms with van der Waals surface area (Å²) in [6.07, 6.45) is -0.220. The Morgan fingerprint density at radius 1 is 1.44 bits per heavy atom. The lowest BCUT2D eigenvalue weighted by molar-refractivity contribution is -0.129. The number of amides is 2. The van der Waals surface area contributed by atoms with Gasteiger partial charge in [-0.15, -0.1) is 0 Å². The zero-order valence-electron chi connectivity index (χ0n) is 14.5. The van der Waals surface area contributed by atoms with E-state index in [0.29, 0.717) is 5.82 Å². The number of nitrogens with two attached hydrogens (primary N) is 1. The summed E-state index contributed by atoms with van der Waals surface area (Å²) in [5, 5.41) is 3.94. The van der Waals surface area contributed by atoms with E-state index in [0.717, 1.165) is 0 Å². The van der Waals surface area contributed by atoms with Gasteiger partial charge in [-0.2, -0.15) is 4.98 Å². The normalized spacial score (nSPS) is 19.4. The van der Waals surface area contributed by atoms with Crippen LogP contribution in [0.4, 0.5) is 4.39 Å². The van der Waals surface area contributed by atoms with Gasteiger partial charge in [0.2, 0.25) is 17.7 Å². The third-order valence-electron chi connectivity index (χ3n) is 4.50. The Morgan fingerprint density at radius 3 is 2.89 bits per heavy atom. The molecule has 1 aromatic heterocycles. The Bertz CT molecular complexity index is 839. The molecule has 10 heteroatoms. The minimum Gasteiger partial charge on any atom is -0.377 e. The van der Waals surface area contributed by atoms with Crippen molar-refractivity contribution >= 4 is 23.4 Å². The first-order chi connectivity index (χ1) is 12.9. The predicted molar refractivity (Wildman–Crippen MR) is 92.1 cm³/mol. The summed E-state index contributed by atoms with van der Waals surface area (Å²) < 4.78 is 24.1. The lowest BCUT2D eigenvalue weighted by atomic mass is 9.95. The van der Waals surface area contributed by atoms with Crippen LogP contribution in [0, 0.1) is 11.7 Å². The van der Waals surface area contributed by atoms with Crippen molar-refractivity contribution in [3.8, 4) is 0 Å². The third-order valence-corrected chi connectivity index (χ3v) is 4.86. The van der Waals surface area contributed by atoms with E-state index >= 15 is 0 Å². The zero-order chi connectivity index (χ0) is 19.6. The second-order valence-corrected chi connectivity index (χ2v) is 6.68. The highest BCUT2D eigenvalue weighted by Gasteiger charge is 2.42. The second-order valence-electron chi connectivity index (χ2n) is 6.27. The van der Waals surface area contributed by atoms with Crippen LogP contribution in [0.25, 0.3) is 0 Å². The summed E-state index contributed by atoms with van der Waals surface area (Å²) in [7, 11) is 1.49. The topological polar surface area (TPSA) is 112 Å². The summed E-state index contributed by atoms with van der Waals surface area (Å²) in [6.45, 7) is 0.409. The molecule has 1 aliphatic rings. The fourth-order valence-electron chi connectivity index (χ4n) is 3.12. The maximum absolute atomic E-state index is 13.9. The second kappa shape index (κ2) is 8.01. The van der Waals surface area contributed by atoms with Gasteiger partial charge >= 0.3 is 0 Å². The van der Waals surface area contributed by atoms with Gasteiger partial charge in [0.25, 0.3) is 0 Å². The fourth-order valence-corrected chi connectivity index (χ4v) is 3.35. The van der Waals surface area contributed by atoms with Crippen LogP contribution >= 0.6 is 11.6 Å². The Balaban J connectivity index is 1.77. The van der Waals surface area contributed by atoms with E-state index in [4.69, 9.17) is 26.6 Å². The molecule has 3 rings (SSSR count). The van der Waals surface area contributed by atoms with Crippen LogP contribution in [0.5, 0.6) is 0 Å². The van der Waals surface area contributed by atoms with E-state index in [-0.39, 0.29) is 48.5 Å². The number of primary amides is 1. The molecule has 0 aliphatic carbocycles. The number of nitrogens with zero attached hydrogens (tertiary/aromatic N) is 3. The van der Waals surface area contributed by atoms with Crippen molar-refractivity contribution in [2.45, 2.75) is 18.9 Å². The lowest BCUT2D eigenvalue weighted by Gasteiger charge is -2.16. The first-order valence-electron chi connectivity index (χ1n) is 8.22. The summed E-state index contributed by atoms with van der Waals surface area (Å²) in [4.78, 5) is 30.1. The monoisotopic (exact) mass is 396 g/mol. The van der Waals surface area contributed by atoms with Crippen LogP contribution in [0.2, 0.25) is 5.02 Å². The number of ether oxygens (including phenoxy) is 1. The molecule has 2 amide bonds. The van der Waals surface area contributed by atoms with Crippen molar-refractivity contribution in [2.24, 2.45) is 11.7 Å². The number of likely N-dealkylation sites (tertiary alicyclic amines) is 1. The van der Waals surface area contributed by atoms with Gasteiger partial charge in [-0.25, -0.2) is 4.39 Å². The number of carbonyl (C=O) groups is 2. The first-order valence-corrected chi connectivity index (χ1v) is 8.60. The Kier molecular flexibility index (Phi) is 5.71. The number of halogens is 2. The molecule has 1 saturated heterocycles. The smallest absolute Gasteiger partial charge is 0.232 e. The molecule has 2 heterocycles. The molecule has 0 saturated carbocycles. The molecule has 144 valence electrons. The Morgan fingerprint density at radius 2 is 2.22 bits per heavy atom. The van der Waals surface area contributed by atoms with E-state index < -0.39 is 23.6 Å². The predicted octanol–water partition coefficient (Wildman–Crippen LogP) is 1.28. The zero-order valence-corrected chi connectivity index (χ0v) is 15.3. The number of hydrogen-bond donors (Lipinski definition) is 1. The van der Waals surface area contributed by atoms with E-state index in [9.17, 15) is 14.0 Å². The van der Waals surface area contributed by atoms with Crippen molar-refractivity contribution in [3.05, 3.63) is 46.3 Å². The number of rotatable bonds is 6. The highest BCUT2D eigenvalue weighted by atomic mass is 35.5. The minimum absolute atomic E-state index is 0.0902. The van der Waals surface area contributed by atoms with Crippen molar-refractivity contribution < 1.29 is 23.2 Å². The quantitative estimate of drug-likeness (QED) is 0.787. The van der Waals surface area contributed by atoms with Crippen LogP contribution in [-0.4, -0.2) is 47.1 Å². The molecule has 2 unspecified atom stereocenters. The van der Waals surface area contributed by atoms with Crippen LogP contribution in [0.15, 0.2) is 22.7 Å². The average molecular weight is 397 g/mol. The highest BCUT2D eigenvalue weighted by molar-refractivity contribution is 6.31. The SMILES string of the molecule is COCc1noc(C2CN(C(=O)Cc3c(F)cccc3Cl)CC2C(N)=O)n1. The summed E-state index contributed by atoms with van der Waals surface area (Å²) in [6, 6.07) is 4.22. The molecule has 1 fully saturated rings. The van der Waals surface area contributed by atoms with Gasteiger partial charge in [-0.05, 0) is 12.1 Å². The van der Waals surface area contributed by atoms with Crippen LogP contribution in [0.3, 0.4) is 0 Å². The lowest BCUT2D eigenvalue weighted by Crippen LogP contribution is -2.33. The molecule has 2 N–H and O–H groups in total. The van der Waals surface area contributed by atoms with Crippen LogP contribution in [-0.2, 0) is 27.4 Å².